The Hall–Kier alpha value is 0.972. The van der Waals surface area contributed by atoms with Crippen molar-refractivity contribution in [3.05, 3.63) is 5.32 Å². The molecule has 0 aromatic rings. The Labute approximate surface area is 101 Å². The molecule has 1 aliphatic rings. The second-order valence-corrected chi connectivity index (χ2v) is 3.78. The summed E-state index contributed by atoms with van der Waals surface area (Å²) in [5, 5.41) is 3.85. The van der Waals surface area contributed by atoms with Gasteiger partial charge in [0.25, 0.3) is 0 Å². The van der Waals surface area contributed by atoms with Crippen LogP contribution >= 0.6 is 0 Å². The number of likely N-dealkylation sites (tertiary alicyclic amines) is 1. The molecule has 1 rings (SSSR count). The topological polar surface area (TPSA) is 14.1 Å². The molecule has 0 unspecified atom stereocenters. The summed E-state index contributed by atoms with van der Waals surface area (Å²) in [4.78, 5) is 0. The van der Waals surface area contributed by atoms with Crippen LogP contribution in [0.1, 0.15) is 19.8 Å². The van der Waals surface area contributed by atoms with E-state index in [1.54, 1.807) is 0 Å². The first-order valence-corrected chi connectivity index (χ1v) is 4.50. The molecule has 1 heterocycles. The SMILES string of the molecule is CCC[N-]C.C[N+]1(C)CCC1.[U]. The molecule has 12 heavy (non-hydrogen) atoms. The quantitative estimate of drug-likeness (QED) is 0.633. The number of quaternary nitrogens is 1. The van der Waals surface area contributed by atoms with Crippen molar-refractivity contribution in [1.29, 1.82) is 0 Å². The van der Waals surface area contributed by atoms with Crippen LogP contribution in [0.3, 0.4) is 0 Å². The van der Waals surface area contributed by atoms with Crippen molar-refractivity contribution in [2.45, 2.75) is 19.8 Å². The van der Waals surface area contributed by atoms with E-state index >= 15 is 0 Å². The van der Waals surface area contributed by atoms with Crippen LogP contribution in [0.5, 0.6) is 0 Å². The molecular weight excluding hydrogens is 374 g/mol. The van der Waals surface area contributed by atoms with Gasteiger partial charge in [0.2, 0.25) is 0 Å². The predicted molar refractivity (Wildman–Crippen MR) is 50.9 cm³/mol. The fourth-order valence-corrected chi connectivity index (χ4v) is 1.01. The van der Waals surface area contributed by atoms with Crippen LogP contribution in [0.25, 0.3) is 5.32 Å². The van der Waals surface area contributed by atoms with Crippen molar-refractivity contribution < 1.29 is 35.6 Å². The Balaban J connectivity index is 0. The number of hydrogen-bond acceptors (Lipinski definition) is 0. The van der Waals surface area contributed by atoms with Crippen LogP contribution in [-0.4, -0.2) is 45.3 Å². The van der Waals surface area contributed by atoms with Gasteiger partial charge < -0.3 is 9.80 Å². The zero-order valence-corrected chi connectivity index (χ0v) is 13.1. The molecule has 0 amide bonds. The minimum absolute atomic E-state index is 0. The Morgan fingerprint density at radius 3 is 1.67 bits per heavy atom. The van der Waals surface area contributed by atoms with Gasteiger partial charge in [-0.15, -0.1) is 6.54 Å². The van der Waals surface area contributed by atoms with Gasteiger partial charge in [-0.25, -0.2) is 0 Å². The summed E-state index contributed by atoms with van der Waals surface area (Å²) in [6.45, 7) is 5.91. The van der Waals surface area contributed by atoms with Crippen LogP contribution in [0.15, 0.2) is 0 Å². The van der Waals surface area contributed by atoms with Crippen LogP contribution in [0, 0.1) is 31.1 Å². The molecule has 0 spiro atoms. The first-order valence-electron chi connectivity index (χ1n) is 4.50. The molecule has 2 nitrogen and oxygen atoms in total. The maximum Gasteiger partial charge on any atom is 0.0836 e. The van der Waals surface area contributed by atoms with Gasteiger partial charge in [-0.3, -0.25) is 0 Å². The van der Waals surface area contributed by atoms with Gasteiger partial charge in [-0.05, 0) is 0 Å². The molecule has 0 atom stereocenters. The van der Waals surface area contributed by atoms with E-state index in [4.69, 9.17) is 0 Å². The summed E-state index contributed by atoms with van der Waals surface area (Å²) in [6, 6.07) is 0. The van der Waals surface area contributed by atoms with Gasteiger partial charge >= 0.3 is 0 Å². The molecule has 1 saturated heterocycles. The Morgan fingerprint density at radius 2 is 1.67 bits per heavy atom. The molecule has 0 N–H and O–H groups in total. The summed E-state index contributed by atoms with van der Waals surface area (Å²) in [5.74, 6) is 0. The average Bonchev–Trinajstić information content (AvgIpc) is 1.88. The van der Waals surface area contributed by atoms with Crippen molar-refractivity contribution in [3.8, 4) is 0 Å². The van der Waals surface area contributed by atoms with Crippen LogP contribution in [-0.2, 0) is 0 Å². The summed E-state index contributed by atoms with van der Waals surface area (Å²) in [5.41, 5.74) is 0. The second kappa shape index (κ2) is 8.56. The molecule has 1 fully saturated rings. The van der Waals surface area contributed by atoms with Crippen molar-refractivity contribution in [3.63, 3.8) is 0 Å². The number of hydrogen-bond donors (Lipinski definition) is 0. The van der Waals surface area contributed by atoms with E-state index in [9.17, 15) is 0 Å². The van der Waals surface area contributed by atoms with E-state index in [0.29, 0.717) is 0 Å². The van der Waals surface area contributed by atoms with Gasteiger partial charge in [-0.2, -0.15) is 7.05 Å². The predicted octanol–water partition coefficient (Wildman–Crippen LogP) is 1.87. The van der Waals surface area contributed by atoms with E-state index in [-0.39, 0.29) is 31.1 Å². The van der Waals surface area contributed by atoms with Gasteiger partial charge in [0.15, 0.2) is 0 Å². The van der Waals surface area contributed by atoms with E-state index in [0.717, 1.165) is 6.54 Å². The van der Waals surface area contributed by atoms with Gasteiger partial charge in [0, 0.05) is 37.5 Å². The summed E-state index contributed by atoms with van der Waals surface area (Å²) >= 11 is 0. The molecular formula is C9H22N2U. The van der Waals surface area contributed by atoms with Crippen molar-refractivity contribution in [2.75, 3.05) is 40.8 Å². The third-order valence-electron chi connectivity index (χ3n) is 1.97. The van der Waals surface area contributed by atoms with Gasteiger partial charge in [0.05, 0.1) is 27.2 Å². The van der Waals surface area contributed by atoms with E-state index in [2.05, 4.69) is 26.3 Å². The molecule has 0 bridgehead atoms. The maximum atomic E-state index is 3.85. The molecule has 0 aliphatic carbocycles. The Morgan fingerprint density at radius 1 is 1.25 bits per heavy atom. The Bertz CT molecular complexity index is 86.5. The van der Waals surface area contributed by atoms with E-state index in [1.807, 2.05) is 7.05 Å². The largest absolute Gasteiger partial charge is 0.665 e. The molecule has 3 heteroatoms. The molecule has 72 valence electrons. The molecule has 0 saturated carbocycles. The summed E-state index contributed by atoms with van der Waals surface area (Å²) in [7, 11) is 6.37. The number of nitrogens with zero attached hydrogens (tertiary/aromatic N) is 2. The van der Waals surface area contributed by atoms with Crippen LogP contribution in [0.2, 0.25) is 0 Å². The zero-order chi connectivity index (χ0) is 8.74. The third kappa shape index (κ3) is 9.06. The van der Waals surface area contributed by atoms with E-state index in [1.165, 1.54) is 30.4 Å². The average molecular weight is 396 g/mol. The second-order valence-electron chi connectivity index (χ2n) is 3.78. The van der Waals surface area contributed by atoms with Crippen LogP contribution < -0.4 is 0 Å². The molecule has 0 aromatic heterocycles. The van der Waals surface area contributed by atoms with E-state index < -0.39 is 0 Å². The monoisotopic (exact) mass is 396 g/mol. The molecule has 0 radical (unpaired) electrons. The Kier molecular flexibility index (Phi) is 11.0. The van der Waals surface area contributed by atoms with Crippen molar-refractivity contribution >= 4 is 0 Å². The van der Waals surface area contributed by atoms with Gasteiger partial charge in [-0.1, -0.05) is 13.3 Å². The van der Waals surface area contributed by atoms with Gasteiger partial charge in [0.1, 0.15) is 0 Å². The smallest absolute Gasteiger partial charge is 0.0836 e. The zero-order valence-electron chi connectivity index (χ0n) is 8.93. The summed E-state index contributed by atoms with van der Waals surface area (Å²) < 4.78 is 1.25. The van der Waals surface area contributed by atoms with Crippen LogP contribution in [0.4, 0.5) is 0 Å². The molecule has 1 aliphatic heterocycles. The maximum absolute atomic E-state index is 3.85. The number of rotatable bonds is 2. The third-order valence-corrected chi connectivity index (χ3v) is 1.97. The molecule has 0 aromatic carbocycles. The van der Waals surface area contributed by atoms with Crippen molar-refractivity contribution in [1.82, 2.24) is 0 Å². The fraction of sp³-hybridized carbons (Fsp3) is 1.00. The fourth-order valence-electron chi connectivity index (χ4n) is 1.01. The van der Waals surface area contributed by atoms with Crippen molar-refractivity contribution in [2.24, 2.45) is 0 Å². The normalized spacial score (nSPS) is 18.0. The first kappa shape index (κ1) is 15.4. The minimum Gasteiger partial charge on any atom is -0.665 e. The standard InChI is InChI=1S/C5H12N.C4H10N.U/c1-6(2)4-3-5-6;1-3-4-5-2;/h3-5H2,1-2H3;3-4H2,1-2H3;/q+1;-1;. The summed E-state index contributed by atoms with van der Waals surface area (Å²) in [6.07, 6.45) is 2.61. The minimum atomic E-state index is 0. The first-order chi connectivity index (χ1) is 5.12.